The van der Waals surface area contributed by atoms with Crippen LogP contribution in [0.5, 0.6) is 0 Å². The quantitative estimate of drug-likeness (QED) is 0.698. The van der Waals surface area contributed by atoms with Crippen LogP contribution in [0.4, 0.5) is 5.69 Å². The summed E-state index contributed by atoms with van der Waals surface area (Å²) in [5, 5.41) is 17.9. The summed E-state index contributed by atoms with van der Waals surface area (Å²) in [6.45, 7) is 11.3. The number of nitriles is 1. The van der Waals surface area contributed by atoms with Crippen molar-refractivity contribution in [2.75, 3.05) is 4.90 Å². The third-order valence-electron chi connectivity index (χ3n) is 4.96. The average molecular weight is 361 g/mol. The van der Waals surface area contributed by atoms with E-state index in [0.29, 0.717) is 18.3 Å². The van der Waals surface area contributed by atoms with Crippen molar-refractivity contribution in [3.05, 3.63) is 42.0 Å². The number of anilines is 1. The van der Waals surface area contributed by atoms with Crippen LogP contribution in [0.1, 0.15) is 46.0 Å². The molecule has 0 unspecified atom stereocenters. The second-order valence-electron chi connectivity index (χ2n) is 8.17. The Morgan fingerprint density at radius 3 is 2.48 bits per heavy atom. The predicted octanol–water partition coefficient (Wildman–Crippen LogP) is 3.49. The van der Waals surface area contributed by atoms with Gasteiger partial charge in [-0.1, -0.05) is 38.1 Å². The van der Waals surface area contributed by atoms with Gasteiger partial charge in [-0.15, -0.1) is 9.78 Å². The zero-order valence-corrected chi connectivity index (χ0v) is 16.3. The van der Waals surface area contributed by atoms with E-state index in [0.717, 1.165) is 22.8 Å². The molecule has 1 aromatic carbocycles. The van der Waals surface area contributed by atoms with Crippen molar-refractivity contribution >= 4 is 5.69 Å². The monoisotopic (exact) mass is 361 g/mol. The minimum Gasteiger partial charge on any atom is -0.361 e. The van der Waals surface area contributed by atoms with Crippen molar-refractivity contribution in [1.82, 2.24) is 24.5 Å². The summed E-state index contributed by atoms with van der Waals surface area (Å²) in [7, 11) is 0. The molecule has 0 N–H and O–H groups in total. The highest BCUT2D eigenvalue weighted by Gasteiger charge is 2.32. The molecule has 0 fully saturated rings. The van der Waals surface area contributed by atoms with Crippen LogP contribution in [0.3, 0.4) is 0 Å². The summed E-state index contributed by atoms with van der Waals surface area (Å²) in [5.74, 6) is 0. The first-order valence-corrected chi connectivity index (χ1v) is 9.12. The summed E-state index contributed by atoms with van der Waals surface area (Å²) in [6.07, 6.45) is 3.95. The standard InChI is InChI=1S/C20H23N7/c1-13(2)25-10-16-17(18-19(20(3,4)5)23-24-27(18)11-21)22-12-26(16)15-9-7-6-8-14(15)25/h6-9,12-13H,10H2,1-5H3. The zero-order chi connectivity index (χ0) is 19.3. The van der Waals surface area contributed by atoms with Crippen molar-refractivity contribution in [1.29, 1.82) is 5.26 Å². The Hall–Kier alpha value is -3.14. The molecule has 0 radical (unpaired) electrons. The Morgan fingerprint density at radius 1 is 1.15 bits per heavy atom. The maximum absolute atomic E-state index is 9.56. The van der Waals surface area contributed by atoms with Gasteiger partial charge in [0.05, 0.1) is 29.3 Å². The molecule has 0 amide bonds. The fraction of sp³-hybridized carbons (Fsp3) is 0.400. The predicted molar refractivity (Wildman–Crippen MR) is 104 cm³/mol. The summed E-state index contributed by atoms with van der Waals surface area (Å²) >= 11 is 0. The van der Waals surface area contributed by atoms with Gasteiger partial charge in [0.2, 0.25) is 6.19 Å². The van der Waals surface area contributed by atoms with Crippen LogP contribution >= 0.6 is 0 Å². The van der Waals surface area contributed by atoms with E-state index in [4.69, 9.17) is 4.98 Å². The van der Waals surface area contributed by atoms with Crippen LogP contribution in [-0.2, 0) is 12.0 Å². The number of hydrogen-bond donors (Lipinski definition) is 0. The lowest BCUT2D eigenvalue weighted by atomic mass is 9.89. The lowest BCUT2D eigenvalue weighted by Gasteiger charge is -2.35. The van der Waals surface area contributed by atoms with Crippen molar-refractivity contribution in [3.8, 4) is 23.3 Å². The maximum Gasteiger partial charge on any atom is 0.208 e. The third kappa shape index (κ3) is 2.60. The van der Waals surface area contributed by atoms with E-state index in [1.807, 2.05) is 12.4 Å². The highest BCUT2D eigenvalue weighted by molar-refractivity contribution is 5.71. The number of fused-ring (bicyclic) bond motifs is 3. The number of imidazole rings is 1. The smallest absolute Gasteiger partial charge is 0.208 e. The van der Waals surface area contributed by atoms with E-state index in [1.165, 1.54) is 10.4 Å². The minimum atomic E-state index is -0.245. The molecule has 3 aromatic rings. The van der Waals surface area contributed by atoms with Crippen LogP contribution in [0.2, 0.25) is 0 Å². The van der Waals surface area contributed by atoms with Gasteiger partial charge >= 0.3 is 0 Å². The molecule has 1 aliphatic rings. The van der Waals surface area contributed by atoms with Gasteiger partial charge in [0, 0.05) is 11.5 Å². The normalized spacial score (nSPS) is 13.4. The SMILES string of the molecule is CC(C)N1Cc2c(-c3c(C(C)(C)C)nnn3C#N)ncn2-c2ccccc21. The molecule has 2 aromatic heterocycles. The first-order chi connectivity index (χ1) is 12.8. The van der Waals surface area contributed by atoms with Crippen LogP contribution in [0, 0.1) is 11.5 Å². The second kappa shape index (κ2) is 5.95. The van der Waals surface area contributed by atoms with Gasteiger partial charge in [-0.2, -0.15) is 5.26 Å². The Balaban J connectivity index is 1.97. The van der Waals surface area contributed by atoms with Crippen molar-refractivity contribution in [2.45, 2.75) is 52.6 Å². The van der Waals surface area contributed by atoms with E-state index >= 15 is 0 Å². The number of rotatable bonds is 2. The number of aromatic nitrogens is 5. The van der Waals surface area contributed by atoms with Gasteiger partial charge < -0.3 is 4.90 Å². The Labute approximate surface area is 158 Å². The fourth-order valence-corrected chi connectivity index (χ4v) is 3.62. The van der Waals surface area contributed by atoms with Gasteiger partial charge in [0.15, 0.2) is 0 Å². The van der Waals surface area contributed by atoms with E-state index < -0.39 is 0 Å². The summed E-state index contributed by atoms with van der Waals surface area (Å²) in [6, 6.07) is 8.67. The van der Waals surface area contributed by atoms with E-state index in [1.54, 1.807) is 0 Å². The number of nitrogens with zero attached hydrogens (tertiary/aromatic N) is 7. The first-order valence-electron chi connectivity index (χ1n) is 9.12. The molecular formula is C20H23N7. The highest BCUT2D eigenvalue weighted by Crippen LogP contribution is 2.39. The summed E-state index contributed by atoms with van der Waals surface area (Å²) in [4.78, 5) is 7.05. The van der Waals surface area contributed by atoms with Crippen LogP contribution < -0.4 is 4.90 Å². The first kappa shape index (κ1) is 17.3. The van der Waals surface area contributed by atoms with Crippen LogP contribution in [0.15, 0.2) is 30.6 Å². The lowest BCUT2D eigenvalue weighted by Crippen LogP contribution is -2.35. The van der Waals surface area contributed by atoms with E-state index in [-0.39, 0.29) is 5.41 Å². The minimum absolute atomic E-state index is 0.245. The van der Waals surface area contributed by atoms with Crippen molar-refractivity contribution < 1.29 is 0 Å². The molecule has 0 spiro atoms. The third-order valence-corrected chi connectivity index (χ3v) is 4.96. The van der Waals surface area contributed by atoms with Gasteiger partial charge in [0.1, 0.15) is 17.7 Å². The molecule has 0 aliphatic carbocycles. The molecular weight excluding hydrogens is 338 g/mol. The number of hydrogen-bond acceptors (Lipinski definition) is 5. The average Bonchev–Trinajstić information content (AvgIpc) is 3.23. The molecule has 27 heavy (non-hydrogen) atoms. The molecule has 138 valence electrons. The second-order valence-corrected chi connectivity index (χ2v) is 8.17. The number of benzene rings is 1. The molecule has 0 saturated carbocycles. The summed E-state index contributed by atoms with van der Waals surface area (Å²) < 4.78 is 3.40. The molecule has 0 atom stereocenters. The van der Waals surface area contributed by atoms with Crippen LogP contribution in [0.25, 0.3) is 17.1 Å². The molecule has 0 saturated heterocycles. The maximum atomic E-state index is 9.56. The van der Waals surface area contributed by atoms with Crippen molar-refractivity contribution in [3.63, 3.8) is 0 Å². The molecule has 4 rings (SSSR count). The fourth-order valence-electron chi connectivity index (χ4n) is 3.62. The highest BCUT2D eigenvalue weighted by atomic mass is 15.4. The molecule has 7 heteroatoms. The molecule has 1 aliphatic heterocycles. The molecule has 3 heterocycles. The van der Waals surface area contributed by atoms with Crippen molar-refractivity contribution in [2.24, 2.45) is 0 Å². The van der Waals surface area contributed by atoms with Gasteiger partial charge in [0.25, 0.3) is 0 Å². The Kier molecular flexibility index (Phi) is 3.81. The van der Waals surface area contributed by atoms with Gasteiger partial charge in [-0.05, 0) is 26.0 Å². The van der Waals surface area contributed by atoms with Crippen LogP contribution in [-0.4, -0.2) is 30.6 Å². The summed E-state index contributed by atoms with van der Waals surface area (Å²) in [5.41, 5.74) is 5.32. The van der Waals surface area contributed by atoms with E-state index in [9.17, 15) is 5.26 Å². The topological polar surface area (TPSA) is 75.6 Å². The largest absolute Gasteiger partial charge is 0.361 e. The molecule has 0 bridgehead atoms. The molecule has 7 nitrogen and oxygen atoms in total. The Bertz CT molecular complexity index is 1040. The lowest BCUT2D eigenvalue weighted by molar-refractivity contribution is 0.567. The Morgan fingerprint density at radius 2 is 1.85 bits per heavy atom. The van der Waals surface area contributed by atoms with Gasteiger partial charge in [-0.3, -0.25) is 4.57 Å². The van der Waals surface area contributed by atoms with Gasteiger partial charge in [-0.25, -0.2) is 4.98 Å². The van der Waals surface area contributed by atoms with E-state index in [2.05, 4.69) is 78.8 Å². The number of para-hydroxylation sites is 2. The zero-order valence-electron chi connectivity index (χ0n) is 16.3.